The Labute approximate surface area is 117 Å². The fraction of sp³-hybridized carbons (Fsp3) is 0.750. The molecule has 0 aromatic carbocycles. The van der Waals surface area contributed by atoms with Gasteiger partial charge in [-0.15, -0.1) is 0 Å². The number of rotatable bonds is 2. The molecule has 6 nitrogen and oxygen atoms in total. The van der Waals surface area contributed by atoms with Gasteiger partial charge in [-0.1, -0.05) is 12.2 Å². The number of nitrogens with two attached hydrogens (primary N) is 1. The lowest BCUT2D eigenvalue weighted by Crippen LogP contribution is -2.58. The molecule has 2 rings (SSSR count). The Kier molecular flexibility index (Phi) is 4.05. The van der Waals surface area contributed by atoms with E-state index in [9.17, 15) is 9.59 Å². The molecular weight excluding hydrogens is 266 g/mol. The number of carbonyl (C=O) groups is 2. The summed E-state index contributed by atoms with van der Waals surface area (Å²) < 4.78 is 5.29. The van der Waals surface area contributed by atoms with E-state index in [1.54, 1.807) is 16.8 Å². The minimum absolute atomic E-state index is 0.0512. The molecule has 0 radical (unpaired) electrons. The summed E-state index contributed by atoms with van der Waals surface area (Å²) in [4.78, 5) is 27.8. The molecule has 0 unspecified atom stereocenters. The molecule has 0 aromatic rings. The van der Waals surface area contributed by atoms with Gasteiger partial charge in [-0.3, -0.25) is 9.59 Å². The van der Waals surface area contributed by atoms with Crippen LogP contribution in [-0.2, 0) is 14.3 Å². The third kappa shape index (κ3) is 2.57. The molecule has 2 fully saturated rings. The lowest BCUT2D eigenvalue weighted by Gasteiger charge is -2.41. The summed E-state index contributed by atoms with van der Waals surface area (Å²) >= 11 is 5.11. The second-order valence-corrected chi connectivity index (χ2v) is 5.54. The van der Waals surface area contributed by atoms with Gasteiger partial charge in [-0.05, 0) is 12.8 Å². The minimum Gasteiger partial charge on any atom is -0.392 e. The van der Waals surface area contributed by atoms with Gasteiger partial charge in [0.25, 0.3) is 0 Å². The van der Waals surface area contributed by atoms with Crippen molar-refractivity contribution < 1.29 is 14.3 Å². The first kappa shape index (κ1) is 14.2. The largest absolute Gasteiger partial charge is 0.392 e. The number of carbonyl (C=O) groups excluding carboxylic acids is 2. The summed E-state index contributed by atoms with van der Waals surface area (Å²) in [7, 11) is 1.74. The third-order valence-electron chi connectivity index (χ3n) is 3.97. The van der Waals surface area contributed by atoms with Crippen LogP contribution in [0.5, 0.6) is 0 Å². The van der Waals surface area contributed by atoms with Crippen LogP contribution < -0.4 is 5.73 Å². The van der Waals surface area contributed by atoms with Crippen LogP contribution in [0.15, 0.2) is 0 Å². The van der Waals surface area contributed by atoms with Crippen molar-refractivity contribution in [2.45, 2.75) is 12.8 Å². The molecule has 2 N–H and O–H groups in total. The maximum absolute atomic E-state index is 12.7. The first-order valence-electron chi connectivity index (χ1n) is 6.38. The number of piperazine rings is 1. The molecule has 19 heavy (non-hydrogen) atoms. The van der Waals surface area contributed by atoms with Crippen LogP contribution in [0.25, 0.3) is 0 Å². The maximum Gasteiger partial charge on any atom is 0.241 e. The SMILES string of the molecule is CN1CCN(C(=O)C2(C(N)=S)CCOCC2)CC1=O. The van der Waals surface area contributed by atoms with Crippen LogP contribution >= 0.6 is 12.2 Å². The molecule has 2 saturated heterocycles. The van der Waals surface area contributed by atoms with Crippen molar-refractivity contribution in [3.05, 3.63) is 0 Å². The molecule has 2 heterocycles. The second-order valence-electron chi connectivity index (χ2n) is 5.10. The fourth-order valence-corrected chi connectivity index (χ4v) is 2.81. The molecule has 0 saturated carbocycles. The number of likely N-dealkylation sites (N-methyl/N-ethyl adjacent to an activating group) is 1. The van der Waals surface area contributed by atoms with E-state index in [2.05, 4.69) is 0 Å². The molecule has 0 aromatic heterocycles. The zero-order valence-corrected chi connectivity index (χ0v) is 11.9. The van der Waals surface area contributed by atoms with Crippen molar-refractivity contribution in [3.63, 3.8) is 0 Å². The number of thiocarbonyl (C=S) groups is 1. The van der Waals surface area contributed by atoms with Gasteiger partial charge in [0.15, 0.2) is 0 Å². The molecule has 0 bridgehead atoms. The van der Waals surface area contributed by atoms with E-state index in [0.717, 1.165) is 0 Å². The number of nitrogens with zero attached hydrogens (tertiary/aromatic N) is 2. The van der Waals surface area contributed by atoms with Crippen LogP contribution in [0.1, 0.15) is 12.8 Å². The molecule has 7 heteroatoms. The van der Waals surface area contributed by atoms with Crippen molar-refractivity contribution >= 4 is 29.0 Å². The molecule has 0 aliphatic carbocycles. The molecule has 0 spiro atoms. The normalized spacial score (nSPS) is 23.3. The highest BCUT2D eigenvalue weighted by molar-refractivity contribution is 7.80. The third-order valence-corrected chi connectivity index (χ3v) is 4.36. The number of hydrogen-bond donors (Lipinski definition) is 1. The van der Waals surface area contributed by atoms with E-state index < -0.39 is 5.41 Å². The summed E-state index contributed by atoms with van der Waals surface area (Å²) in [5, 5.41) is 0. The number of hydrogen-bond acceptors (Lipinski definition) is 4. The molecule has 0 atom stereocenters. The summed E-state index contributed by atoms with van der Waals surface area (Å²) in [5.74, 6) is -0.172. The highest BCUT2D eigenvalue weighted by Gasteiger charge is 2.46. The lowest BCUT2D eigenvalue weighted by molar-refractivity contribution is -0.151. The Morgan fingerprint density at radius 3 is 2.53 bits per heavy atom. The van der Waals surface area contributed by atoms with Gasteiger partial charge in [0.05, 0.1) is 11.5 Å². The maximum atomic E-state index is 12.7. The predicted octanol–water partition coefficient (Wildman–Crippen LogP) is -0.630. The van der Waals surface area contributed by atoms with Crippen LogP contribution in [0.2, 0.25) is 0 Å². The Bertz CT molecular complexity index is 407. The van der Waals surface area contributed by atoms with Gasteiger partial charge in [0, 0.05) is 33.4 Å². The summed E-state index contributed by atoms with van der Waals surface area (Å²) in [6.07, 6.45) is 1.00. The van der Waals surface area contributed by atoms with Crippen molar-refractivity contribution in [1.82, 2.24) is 9.80 Å². The molecule has 2 aliphatic rings. The van der Waals surface area contributed by atoms with E-state index in [4.69, 9.17) is 22.7 Å². The Morgan fingerprint density at radius 1 is 1.37 bits per heavy atom. The van der Waals surface area contributed by atoms with Crippen molar-refractivity contribution in [2.75, 3.05) is 39.9 Å². The second kappa shape index (κ2) is 5.42. The van der Waals surface area contributed by atoms with E-state index in [-0.39, 0.29) is 23.3 Å². The minimum atomic E-state index is -0.830. The first-order chi connectivity index (χ1) is 8.97. The first-order valence-corrected chi connectivity index (χ1v) is 6.79. The zero-order chi connectivity index (χ0) is 14.0. The highest BCUT2D eigenvalue weighted by Crippen LogP contribution is 2.33. The smallest absolute Gasteiger partial charge is 0.241 e. The van der Waals surface area contributed by atoms with Gasteiger partial charge in [-0.2, -0.15) is 0 Å². The quantitative estimate of drug-likeness (QED) is 0.684. The monoisotopic (exact) mass is 285 g/mol. The molecule has 2 amide bonds. The van der Waals surface area contributed by atoms with Crippen LogP contribution in [-0.4, -0.2) is 66.5 Å². The molecule has 2 aliphatic heterocycles. The average molecular weight is 285 g/mol. The van der Waals surface area contributed by atoms with Gasteiger partial charge < -0.3 is 20.3 Å². The zero-order valence-electron chi connectivity index (χ0n) is 11.1. The Morgan fingerprint density at radius 2 is 2.00 bits per heavy atom. The summed E-state index contributed by atoms with van der Waals surface area (Å²) in [6.45, 7) is 2.15. The molecule has 106 valence electrons. The van der Waals surface area contributed by atoms with E-state index in [1.165, 1.54) is 0 Å². The van der Waals surface area contributed by atoms with Crippen LogP contribution in [0.3, 0.4) is 0 Å². The van der Waals surface area contributed by atoms with Crippen molar-refractivity contribution in [1.29, 1.82) is 0 Å². The van der Waals surface area contributed by atoms with E-state index in [0.29, 0.717) is 39.1 Å². The van der Waals surface area contributed by atoms with Gasteiger partial charge in [0.1, 0.15) is 5.41 Å². The van der Waals surface area contributed by atoms with Crippen LogP contribution in [0, 0.1) is 5.41 Å². The lowest BCUT2D eigenvalue weighted by atomic mass is 9.78. The Hall–Kier alpha value is -1.21. The number of amides is 2. The topological polar surface area (TPSA) is 75.9 Å². The average Bonchev–Trinajstić information content (AvgIpc) is 2.41. The van der Waals surface area contributed by atoms with E-state index >= 15 is 0 Å². The predicted molar refractivity (Wildman–Crippen MR) is 73.5 cm³/mol. The van der Waals surface area contributed by atoms with Gasteiger partial charge in [0.2, 0.25) is 11.8 Å². The van der Waals surface area contributed by atoms with E-state index in [1.807, 2.05) is 0 Å². The standard InChI is InChI=1S/C12H19N3O3S/c1-14-4-5-15(8-9(14)16)11(17)12(10(13)19)2-6-18-7-3-12/h2-8H2,1H3,(H2,13,19). The van der Waals surface area contributed by atoms with Gasteiger partial charge >= 0.3 is 0 Å². The van der Waals surface area contributed by atoms with Crippen molar-refractivity contribution in [3.8, 4) is 0 Å². The fourth-order valence-electron chi connectivity index (χ4n) is 2.52. The summed E-state index contributed by atoms with van der Waals surface area (Å²) in [6, 6.07) is 0. The highest BCUT2D eigenvalue weighted by atomic mass is 32.1. The van der Waals surface area contributed by atoms with Gasteiger partial charge in [-0.25, -0.2) is 0 Å². The van der Waals surface area contributed by atoms with Crippen LogP contribution in [0.4, 0.5) is 0 Å². The summed E-state index contributed by atoms with van der Waals surface area (Å²) in [5.41, 5.74) is 4.98. The Balaban J connectivity index is 2.16. The molecular formula is C12H19N3O3S. The van der Waals surface area contributed by atoms with Crippen molar-refractivity contribution in [2.24, 2.45) is 11.1 Å². The number of ether oxygens (including phenoxy) is 1.